The van der Waals surface area contributed by atoms with Crippen molar-refractivity contribution in [2.45, 2.75) is 18.9 Å². The van der Waals surface area contributed by atoms with Crippen molar-refractivity contribution in [1.29, 1.82) is 0 Å². The average Bonchev–Trinajstić information content (AvgIpc) is 2.94. The normalized spacial score (nSPS) is 16.1. The highest BCUT2D eigenvalue weighted by Gasteiger charge is 2.25. The fourth-order valence-corrected chi connectivity index (χ4v) is 3.31. The van der Waals surface area contributed by atoms with Crippen LogP contribution in [0.1, 0.15) is 29.2 Å². The van der Waals surface area contributed by atoms with E-state index in [0.29, 0.717) is 11.9 Å². The van der Waals surface area contributed by atoms with Crippen molar-refractivity contribution in [2.75, 3.05) is 18.8 Å². The van der Waals surface area contributed by atoms with E-state index >= 15 is 0 Å². The van der Waals surface area contributed by atoms with E-state index in [0.717, 1.165) is 35.1 Å². The second-order valence-electron chi connectivity index (χ2n) is 5.22. The standard InChI is InChI=1S/C15H17IN4O/c16-13-4-2-1-3-12(13)15(21)19-8-5-11(6-9-19)20-10-7-14(17)18-20/h1-4,7,10-11H,5-6,8-9H2,(H2,17,18). The number of nitrogens with two attached hydrogens (primary N) is 1. The van der Waals surface area contributed by atoms with E-state index in [1.54, 1.807) is 0 Å². The van der Waals surface area contributed by atoms with Crippen LogP contribution < -0.4 is 5.73 Å². The number of piperidine rings is 1. The molecule has 1 aromatic heterocycles. The van der Waals surface area contributed by atoms with Gasteiger partial charge in [-0.2, -0.15) is 5.10 Å². The molecule has 0 unspecified atom stereocenters. The number of hydrogen-bond acceptors (Lipinski definition) is 3. The Morgan fingerprint density at radius 2 is 1.95 bits per heavy atom. The van der Waals surface area contributed by atoms with Crippen molar-refractivity contribution >= 4 is 34.3 Å². The molecule has 0 radical (unpaired) electrons. The van der Waals surface area contributed by atoms with Gasteiger partial charge in [-0.15, -0.1) is 0 Å². The Kier molecular flexibility index (Phi) is 4.14. The van der Waals surface area contributed by atoms with Crippen LogP contribution >= 0.6 is 22.6 Å². The molecule has 1 amide bonds. The van der Waals surface area contributed by atoms with Crippen molar-refractivity contribution in [3.63, 3.8) is 0 Å². The van der Waals surface area contributed by atoms with Gasteiger partial charge in [-0.25, -0.2) is 0 Å². The molecule has 2 heterocycles. The lowest BCUT2D eigenvalue weighted by Gasteiger charge is -2.32. The molecule has 1 aliphatic heterocycles. The van der Waals surface area contributed by atoms with Gasteiger partial charge in [0.2, 0.25) is 0 Å². The molecule has 6 heteroatoms. The summed E-state index contributed by atoms with van der Waals surface area (Å²) in [6, 6.07) is 9.87. The topological polar surface area (TPSA) is 64.2 Å². The minimum absolute atomic E-state index is 0.124. The molecule has 0 bridgehead atoms. The molecular formula is C15H17IN4O. The van der Waals surface area contributed by atoms with Gasteiger partial charge >= 0.3 is 0 Å². The van der Waals surface area contributed by atoms with E-state index < -0.39 is 0 Å². The van der Waals surface area contributed by atoms with Crippen LogP contribution in [0.4, 0.5) is 5.82 Å². The smallest absolute Gasteiger partial charge is 0.254 e. The number of aromatic nitrogens is 2. The molecule has 0 spiro atoms. The highest BCUT2D eigenvalue weighted by Crippen LogP contribution is 2.24. The third-order valence-corrected chi connectivity index (χ3v) is 4.80. The summed E-state index contributed by atoms with van der Waals surface area (Å²) in [5.41, 5.74) is 6.45. The number of rotatable bonds is 2. The van der Waals surface area contributed by atoms with Crippen LogP contribution in [0.2, 0.25) is 0 Å². The Morgan fingerprint density at radius 3 is 2.57 bits per heavy atom. The molecule has 0 aliphatic carbocycles. The van der Waals surface area contributed by atoms with E-state index in [2.05, 4.69) is 27.7 Å². The summed E-state index contributed by atoms with van der Waals surface area (Å²) in [5.74, 6) is 0.672. The van der Waals surface area contributed by atoms with Crippen molar-refractivity contribution < 1.29 is 4.79 Å². The van der Waals surface area contributed by atoms with Crippen LogP contribution in [0, 0.1) is 3.57 Å². The molecule has 1 saturated heterocycles. The third-order valence-electron chi connectivity index (χ3n) is 3.86. The summed E-state index contributed by atoms with van der Waals surface area (Å²) < 4.78 is 2.92. The lowest BCUT2D eigenvalue weighted by molar-refractivity contribution is 0.0689. The molecule has 1 aromatic carbocycles. The predicted molar refractivity (Wildman–Crippen MR) is 90.0 cm³/mol. The number of carbonyl (C=O) groups excluding carboxylic acids is 1. The first-order chi connectivity index (χ1) is 10.1. The molecular weight excluding hydrogens is 379 g/mol. The molecule has 0 saturated carbocycles. The van der Waals surface area contributed by atoms with Crippen molar-refractivity contribution in [2.24, 2.45) is 0 Å². The molecule has 0 atom stereocenters. The minimum Gasteiger partial charge on any atom is -0.382 e. The lowest BCUT2D eigenvalue weighted by atomic mass is 10.0. The number of halogens is 1. The Hall–Kier alpha value is -1.57. The van der Waals surface area contributed by atoms with Gasteiger partial charge in [0.15, 0.2) is 0 Å². The predicted octanol–water partition coefficient (Wildman–Crippen LogP) is 2.55. The Bertz CT molecular complexity index is 647. The van der Waals surface area contributed by atoms with Crippen LogP contribution in [0.15, 0.2) is 36.5 Å². The van der Waals surface area contributed by atoms with Gasteiger partial charge in [0, 0.05) is 22.9 Å². The average molecular weight is 396 g/mol. The van der Waals surface area contributed by atoms with E-state index in [1.807, 2.05) is 46.1 Å². The molecule has 2 N–H and O–H groups in total. The van der Waals surface area contributed by atoms with Crippen molar-refractivity contribution in [3.8, 4) is 0 Å². The first-order valence-electron chi connectivity index (χ1n) is 6.99. The summed E-state index contributed by atoms with van der Waals surface area (Å²) in [7, 11) is 0. The monoisotopic (exact) mass is 396 g/mol. The zero-order chi connectivity index (χ0) is 14.8. The maximum atomic E-state index is 12.5. The van der Waals surface area contributed by atoms with Gasteiger partial charge < -0.3 is 10.6 Å². The van der Waals surface area contributed by atoms with E-state index in [1.165, 1.54) is 0 Å². The number of amides is 1. The van der Waals surface area contributed by atoms with Gasteiger partial charge in [-0.1, -0.05) is 12.1 Å². The Balaban J connectivity index is 1.66. The number of benzene rings is 1. The van der Waals surface area contributed by atoms with Gasteiger partial charge in [-0.3, -0.25) is 9.48 Å². The van der Waals surface area contributed by atoms with Crippen molar-refractivity contribution in [3.05, 3.63) is 45.7 Å². The fraction of sp³-hybridized carbons (Fsp3) is 0.333. The Morgan fingerprint density at radius 1 is 1.24 bits per heavy atom. The second kappa shape index (κ2) is 6.05. The number of anilines is 1. The summed E-state index contributed by atoms with van der Waals surface area (Å²) >= 11 is 2.21. The van der Waals surface area contributed by atoms with E-state index in [4.69, 9.17) is 5.73 Å². The number of nitrogens with zero attached hydrogens (tertiary/aromatic N) is 3. The highest BCUT2D eigenvalue weighted by atomic mass is 127. The largest absolute Gasteiger partial charge is 0.382 e. The van der Waals surface area contributed by atoms with Crippen LogP contribution in [0.25, 0.3) is 0 Å². The van der Waals surface area contributed by atoms with Crippen molar-refractivity contribution in [1.82, 2.24) is 14.7 Å². The highest BCUT2D eigenvalue weighted by molar-refractivity contribution is 14.1. The number of likely N-dealkylation sites (tertiary alicyclic amines) is 1. The number of hydrogen-bond donors (Lipinski definition) is 1. The molecule has 2 aromatic rings. The summed E-state index contributed by atoms with van der Waals surface area (Å²) in [6.45, 7) is 1.52. The molecule has 1 fully saturated rings. The zero-order valence-electron chi connectivity index (χ0n) is 11.6. The first-order valence-corrected chi connectivity index (χ1v) is 8.07. The van der Waals surface area contributed by atoms with Gasteiger partial charge in [-0.05, 0) is 53.6 Å². The zero-order valence-corrected chi connectivity index (χ0v) is 13.7. The van der Waals surface area contributed by atoms with Gasteiger partial charge in [0.1, 0.15) is 5.82 Å². The van der Waals surface area contributed by atoms with Crippen LogP contribution in [-0.2, 0) is 0 Å². The van der Waals surface area contributed by atoms with Gasteiger partial charge in [0.05, 0.1) is 11.6 Å². The Labute approximate surface area is 137 Å². The quantitative estimate of drug-likeness (QED) is 0.794. The third kappa shape index (κ3) is 3.04. The molecule has 21 heavy (non-hydrogen) atoms. The number of carbonyl (C=O) groups is 1. The van der Waals surface area contributed by atoms with E-state index in [-0.39, 0.29) is 5.91 Å². The fourth-order valence-electron chi connectivity index (χ4n) is 2.69. The molecule has 110 valence electrons. The van der Waals surface area contributed by atoms with Gasteiger partial charge in [0.25, 0.3) is 5.91 Å². The van der Waals surface area contributed by atoms with Crippen LogP contribution in [0.5, 0.6) is 0 Å². The van der Waals surface area contributed by atoms with E-state index in [9.17, 15) is 4.79 Å². The summed E-state index contributed by atoms with van der Waals surface area (Å²) in [5, 5.41) is 4.27. The summed E-state index contributed by atoms with van der Waals surface area (Å²) in [4.78, 5) is 14.5. The number of nitrogen functional groups attached to an aromatic ring is 1. The maximum absolute atomic E-state index is 12.5. The SMILES string of the molecule is Nc1ccn(C2CCN(C(=O)c3ccccc3I)CC2)n1. The second-order valence-corrected chi connectivity index (χ2v) is 6.39. The molecule has 1 aliphatic rings. The minimum atomic E-state index is 0.124. The molecule has 5 nitrogen and oxygen atoms in total. The lowest BCUT2D eigenvalue weighted by Crippen LogP contribution is -2.39. The maximum Gasteiger partial charge on any atom is 0.254 e. The first kappa shape index (κ1) is 14.4. The van der Waals surface area contributed by atoms with Crippen LogP contribution in [-0.4, -0.2) is 33.7 Å². The van der Waals surface area contributed by atoms with Crippen LogP contribution in [0.3, 0.4) is 0 Å². The molecule has 3 rings (SSSR count). The summed E-state index contributed by atoms with van der Waals surface area (Å²) in [6.07, 6.45) is 3.74.